The summed E-state index contributed by atoms with van der Waals surface area (Å²) in [7, 11) is 0. The molecule has 1 atom stereocenters. The Labute approximate surface area is 139 Å². The maximum absolute atomic E-state index is 11.3. The molecule has 3 rings (SSSR count). The molecule has 1 aliphatic rings. The topological polar surface area (TPSA) is 97.0 Å². The maximum Gasteiger partial charge on any atom is 0.231 e. The number of primary amides is 1. The van der Waals surface area contributed by atoms with E-state index < -0.39 is 0 Å². The van der Waals surface area contributed by atoms with Gasteiger partial charge in [-0.25, -0.2) is 15.0 Å². The number of nitrogens with two attached hydrogens (primary N) is 1. The van der Waals surface area contributed by atoms with Gasteiger partial charge in [0.25, 0.3) is 0 Å². The third-order valence-corrected chi connectivity index (χ3v) is 4.50. The highest BCUT2D eigenvalue weighted by molar-refractivity contribution is 7.13. The van der Waals surface area contributed by atoms with Crippen molar-refractivity contribution in [3.63, 3.8) is 0 Å². The zero-order valence-corrected chi connectivity index (χ0v) is 13.8. The predicted octanol–water partition coefficient (Wildman–Crippen LogP) is 2.00. The second-order valence-corrected chi connectivity index (χ2v) is 6.56. The van der Waals surface area contributed by atoms with E-state index in [0.717, 1.165) is 48.3 Å². The van der Waals surface area contributed by atoms with Crippen LogP contribution in [0, 0.1) is 6.92 Å². The Morgan fingerprint density at radius 1 is 1.48 bits per heavy atom. The zero-order chi connectivity index (χ0) is 16.2. The van der Waals surface area contributed by atoms with Crippen molar-refractivity contribution in [2.45, 2.75) is 32.2 Å². The standard InChI is InChI=1S/C15H20N6OS/c1-10-8-13(20-15-17-5-7-23-15)19-14(18-10)11-4-2-3-6-21(11)9-12(16)22/h5,7-8,11H,2-4,6,9H2,1H3,(H2,16,22)(H,17,18,19,20)/t11-/m1/s1. The molecule has 3 heterocycles. The lowest BCUT2D eigenvalue weighted by molar-refractivity contribution is -0.120. The Balaban J connectivity index is 1.85. The van der Waals surface area contributed by atoms with Gasteiger partial charge in [0.1, 0.15) is 11.6 Å². The monoisotopic (exact) mass is 332 g/mol. The minimum atomic E-state index is -0.314. The van der Waals surface area contributed by atoms with Gasteiger partial charge >= 0.3 is 0 Å². The molecule has 8 heteroatoms. The molecule has 0 saturated carbocycles. The first-order valence-electron chi connectivity index (χ1n) is 7.66. The van der Waals surface area contributed by atoms with Crippen LogP contribution in [0.4, 0.5) is 10.9 Å². The molecule has 0 radical (unpaired) electrons. The summed E-state index contributed by atoms with van der Waals surface area (Å²) in [6, 6.07) is 1.93. The van der Waals surface area contributed by atoms with Gasteiger partial charge in [-0.2, -0.15) is 0 Å². The third kappa shape index (κ3) is 4.02. The van der Waals surface area contributed by atoms with Gasteiger partial charge in [0.15, 0.2) is 5.13 Å². The minimum absolute atomic E-state index is 0.0352. The van der Waals surface area contributed by atoms with E-state index in [0.29, 0.717) is 0 Å². The SMILES string of the molecule is Cc1cc(Nc2nccs2)nc([C@H]2CCCCN2CC(N)=O)n1. The van der Waals surface area contributed by atoms with Crippen LogP contribution in [0.15, 0.2) is 17.6 Å². The lowest BCUT2D eigenvalue weighted by Gasteiger charge is -2.33. The molecule has 23 heavy (non-hydrogen) atoms. The van der Waals surface area contributed by atoms with Crippen LogP contribution in [0.2, 0.25) is 0 Å². The molecule has 122 valence electrons. The number of rotatable bonds is 5. The molecule has 1 fully saturated rings. The highest BCUT2D eigenvalue weighted by Crippen LogP contribution is 2.29. The molecule has 1 saturated heterocycles. The molecule has 2 aromatic heterocycles. The summed E-state index contributed by atoms with van der Waals surface area (Å²) in [5.41, 5.74) is 6.26. The van der Waals surface area contributed by atoms with Crippen molar-refractivity contribution >= 4 is 28.2 Å². The van der Waals surface area contributed by atoms with Crippen molar-refractivity contribution in [3.8, 4) is 0 Å². The number of piperidine rings is 1. The van der Waals surface area contributed by atoms with Crippen molar-refractivity contribution < 1.29 is 4.79 Å². The normalized spacial score (nSPS) is 18.7. The quantitative estimate of drug-likeness (QED) is 0.869. The Kier molecular flexibility index (Phi) is 4.82. The Morgan fingerprint density at radius 2 is 2.35 bits per heavy atom. The second kappa shape index (κ2) is 7.01. The van der Waals surface area contributed by atoms with Crippen LogP contribution in [-0.2, 0) is 4.79 Å². The lowest BCUT2D eigenvalue weighted by atomic mass is 10.0. The fourth-order valence-corrected chi connectivity index (χ4v) is 3.41. The van der Waals surface area contributed by atoms with Gasteiger partial charge < -0.3 is 11.1 Å². The zero-order valence-electron chi connectivity index (χ0n) is 13.0. The molecular formula is C15H20N6OS. The number of likely N-dealkylation sites (tertiary alicyclic amines) is 1. The molecule has 0 aliphatic carbocycles. The molecule has 0 aromatic carbocycles. The summed E-state index contributed by atoms with van der Waals surface area (Å²) in [5.74, 6) is 1.16. The largest absolute Gasteiger partial charge is 0.369 e. The lowest BCUT2D eigenvalue weighted by Crippen LogP contribution is -2.40. The van der Waals surface area contributed by atoms with Crippen LogP contribution >= 0.6 is 11.3 Å². The summed E-state index contributed by atoms with van der Waals surface area (Å²) in [5, 5.41) is 5.91. The van der Waals surface area contributed by atoms with Gasteiger partial charge in [-0.15, -0.1) is 11.3 Å². The van der Waals surface area contributed by atoms with Gasteiger partial charge in [-0.1, -0.05) is 6.42 Å². The maximum atomic E-state index is 11.3. The minimum Gasteiger partial charge on any atom is -0.369 e. The highest BCUT2D eigenvalue weighted by Gasteiger charge is 2.27. The number of nitrogens with zero attached hydrogens (tertiary/aromatic N) is 4. The summed E-state index contributed by atoms with van der Waals surface area (Å²) in [4.78, 5) is 26.8. The molecule has 0 unspecified atom stereocenters. The fraction of sp³-hybridized carbons (Fsp3) is 0.467. The highest BCUT2D eigenvalue weighted by atomic mass is 32.1. The van der Waals surface area contributed by atoms with E-state index in [1.54, 1.807) is 6.20 Å². The summed E-state index contributed by atoms with van der Waals surface area (Å²) < 4.78 is 0. The first-order chi connectivity index (χ1) is 11.1. The van der Waals surface area contributed by atoms with Gasteiger partial charge in [-0.05, 0) is 26.3 Å². The number of thiazole rings is 1. The number of aryl methyl sites for hydroxylation is 1. The molecule has 0 bridgehead atoms. The van der Waals surface area contributed by atoms with E-state index in [1.807, 2.05) is 18.4 Å². The van der Waals surface area contributed by atoms with Gasteiger partial charge in [0.2, 0.25) is 5.91 Å². The number of hydrogen-bond acceptors (Lipinski definition) is 7. The third-order valence-electron chi connectivity index (χ3n) is 3.81. The number of amides is 1. The smallest absolute Gasteiger partial charge is 0.231 e. The van der Waals surface area contributed by atoms with E-state index >= 15 is 0 Å². The number of anilines is 2. The Hall–Kier alpha value is -2.06. The van der Waals surface area contributed by atoms with Crippen molar-refractivity contribution in [2.24, 2.45) is 5.73 Å². The van der Waals surface area contributed by atoms with Crippen molar-refractivity contribution in [2.75, 3.05) is 18.4 Å². The summed E-state index contributed by atoms with van der Waals surface area (Å²) >= 11 is 1.52. The average molecular weight is 332 g/mol. The molecule has 1 amide bonds. The van der Waals surface area contributed by atoms with Crippen LogP contribution in [-0.4, -0.2) is 38.8 Å². The summed E-state index contributed by atoms with van der Waals surface area (Å²) in [6.07, 6.45) is 4.86. The van der Waals surface area contributed by atoms with Crippen LogP contribution < -0.4 is 11.1 Å². The molecule has 2 aromatic rings. The molecular weight excluding hydrogens is 312 g/mol. The van der Waals surface area contributed by atoms with Crippen LogP contribution in [0.3, 0.4) is 0 Å². The Morgan fingerprint density at radius 3 is 3.09 bits per heavy atom. The van der Waals surface area contributed by atoms with Gasteiger partial charge in [-0.3, -0.25) is 9.69 Å². The number of aromatic nitrogens is 3. The molecule has 7 nitrogen and oxygen atoms in total. The molecule has 1 aliphatic heterocycles. The van der Waals surface area contributed by atoms with E-state index in [1.165, 1.54) is 11.3 Å². The van der Waals surface area contributed by atoms with E-state index in [9.17, 15) is 4.79 Å². The Bertz CT molecular complexity index is 675. The fourth-order valence-electron chi connectivity index (χ4n) is 2.87. The second-order valence-electron chi connectivity index (χ2n) is 5.66. The van der Waals surface area contributed by atoms with E-state index in [2.05, 4.69) is 25.2 Å². The first-order valence-corrected chi connectivity index (χ1v) is 8.54. The van der Waals surface area contributed by atoms with Crippen LogP contribution in [0.25, 0.3) is 0 Å². The summed E-state index contributed by atoms with van der Waals surface area (Å²) in [6.45, 7) is 3.04. The average Bonchev–Trinajstić information content (AvgIpc) is 2.99. The number of hydrogen-bond donors (Lipinski definition) is 2. The van der Waals surface area contributed by atoms with Gasteiger partial charge in [0, 0.05) is 23.3 Å². The molecule has 0 spiro atoms. The van der Waals surface area contributed by atoms with Gasteiger partial charge in [0.05, 0.1) is 12.6 Å². The first kappa shape index (κ1) is 15.8. The van der Waals surface area contributed by atoms with Crippen molar-refractivity contribution in [1.29, 1.82) is 0 Å². The predicted molar refractivity (Wildman–Crippen MR) is 89.5 cm³/mol. The van der Waals surface area contributed by atoms with Crippen LogP contribution in [0.1, 0.15) is 36.8 Å². The number of carbonyl (C=O) groups excluding carboxylic acids is 1. The van der Waals surface area contributed by atoms with E-state index in [4.69, 9.17) is 5.73 Å². The number of nitrogens with one attached hydrogen (secondary N) is 1. The number of carbonyl (C=O) groups is 1. The van der Waals surface area contributed by atoms with Crippen molar-refractivity contribution in [1.82, 2.24) is 19.9 Å². The van der Waals surface area contributed by atoms with Crippen LogP contribution in [0.5, 0.6) is 0 Å². The van der Waals surface area contributed by atoms with Crippen molar-refractivity contribution in [3.05, 3.63) is 29.2 Å². The molecule has 3 N–H and O–H groups in total. The van der Waals surface area contributed by atoms with E-state index in [-0.39, 0.29) is 18.5 Å².